The van der Waals surface area contributed by atoms with Crippen molar-refractivity contribution in [3.63, 3.8) is 0 Å². The number of aliphatic carboxylic acids is 1. The molecule has 1 aromatic carbocycles. The van der Waals surface area contributed by atoms with Crippen LogP contribution in [-0.4, -0.2) is 33.2 Å². The third-order valence-electron chi connectivity index (χ3n) is 4.12. The molecule has 0 fully saturated rings. The first-order valence-corrected chi connectivity index (χ1v) is 8.90. The molecule has 1 heterocycles. The van der Waals surface area contributed by atoms with Crippen molar-refractivity contribution in [1.82, 2.24) is 9.99 Å². The summed E-state index contributed by atoms with van der Waals surface area (Å²) in [6.45, 7) is 1.78. The molecule has 2 aromatic rings. The van der Waals surface area contributed by atoms with E-state index in [-0.39, 0.29) is 31.1 Å². The quantitative estimate of drug-likeness (QED) is 0.455. The van der Waals surface area contributed by atoms with Crippen molar-refractivity contribution in [3.8, 4) is 0 Å². The number of rotatable bonds is 9. The lowest BCUT2D eigenvalue weighted by Gasteiger charge is -2.07. The number of hydrogen-bond acceptors (Lipinski definition) is 4. The molecule has 2 amide bonds. The van der Waals surface area contributed by atoms with Crippen molar-refractivity contribution in [1.29, 1.82) is 0 Å². The van der Waals surface area contributed by atoms with Gasteiger partial charge >= 0.3 is 5.97 Å². The average molecular weight is 384 g/mol. The summed E-state index contributed by atoms with van der Waals surface area (Å²) >= 11 is 0. The SMILES string of the molecule is C/C(=N\NC(=O)Cc1cccn1C)c1ccc(NC(=O)CCCC(=O)O)cc1. The second kappa shape index (κ2) is 10.1. The number of aromatic nitrogens is 1. The zero-order valence-corrected chi connectivity index (χ0v) is 15.9. The van der Waals surface area contributed by atoms with Crippen molar-refractivity contribution in [2.24, 2.45) is 12.1 Å². The van der Waals surface area contributed by atoms with Crippen LogP contribution in [0.3, 0.4) is 0 Å². The van der Waals surface area contributed by atoms with Gasteiger partial charge in [-0.1, -0.05) is 12.1 Å². The maximum Gasteiger partial charge on any atom is 0.303 e. The molecule has 148 valence electrons. The minimum absolute atomic E-state index is 0.0299. The summed E-state index contributed by atoms with van der Waals surface area (Å²) in [7, 11) is 1.88. The minimum Gasteiger partial charge on any atom is -0.481 e. The number of nitrogens with one attached hydrogen (secondary N) is 2. The predicted octanol–water partition coefficient (Wildman–Crippen LogP) is 2.30. The van der Waals surface area contributed by atoms with E-state index < -0.39 is 5.97 Å². The van der Waals surface area contributed by atoms with Gasteiger partial charge in [0, 0.05) is 37.5 Å². The smallest absolute Gasteiger partial charge is 0.303 e. The first kappa shape index (κ1) is 20.9. The Kier molecular flexibility index (Phi) is 7.50. The Morgan fingerprint density at radius 3 is 2.39 bits per heavy atom. The first-order chi connectivity index (χ1) is 13.3. The average Bonchev–Trinajstić information content (AvgIpc) is 3.04. The van der Waals surface area contributed by atoms with E-state index in [1.165, 1.54) is 0 Å². The Morgan fingerprint density at radius 2 is 1.79 bits per heavy atom. The summed E-state index contributed by atoms with van der Waals surface area (Å²) < 4.78 is 1.88. The number of carboxylic acid groups (broad SMARTS) is 1. The molecule has 2 rings (SSSR count). The summed E-state index contributed by atoms with van der Waals surface area (Å²) in [5.74, 6) is -1.35. The topological polar surface area (TPSA) is 113 Å². The summed E-state index contributed by atoms with van der Waals surface area (Å²) in [5, 5.41) is 15.4. The Balaban J connectivity index is 1.85. The number of hydrazone groups is 1. The number of anilines is 1. The van der Waals surface area contributed by atoms with Crippen LogP contribution in [0, 0.1) is 0 Å². The zero-order chi connectivity index (χ0) is 20.5. The maximum absolute atomic E-state index is 12.0. The van der Waals surface area contributed by atoms with Crippen molar-refractivity contribution in [2.75, 3.05) is 5.32 Å². The fourth-order valence-electron chi connectivity index (χ4n) is 2.51. The fraction of sp³-hybridized carbons (Fsp3) is 0.300. The van der Waals surface area contributed by atoms with Crippen LogP contribution in [-0.2, 0) is 27.9 Å². The van der Waals surface area contributed by atoms with E-state index in [0.717, 1.165) is 11.3 Å². The number of carbonyl (C=O) groups is 3. The molecule has 0 aliphatic carbocycles. The molecule has 3 N–H and O–H groups in total. The monoisotopic (exact) mass is 384 g/mol. The van der Waals surface area contributed by atoms with Crippen LogP contribution in [0.5, 0.6) is 0 Å². The van der Waals surface area contributed by atoms with Gasteiger partial charge in [-0.3, -0.25) is 14.4 Å². The fourth-order valence-corrected chi connectivity index (χ4v) is 2.51. The first-order valence-electron chi connectivity index (χ1n) is 8.90. The van der Waals surface area contributed by atoms with Crippen LogP contribution in [0.15, 0.2) is 47.7 Å². The van der Waals surface area contributed by atoms with Gasteiger partial charge in [0.1, 0.15) is 0 Å². The second-order valence-corrected chi connectivity index (χ2v) is 6.39. The summed E-state index contributed by atoms with van der Waals surface area (Å²) in [6.07, 6.45) is 2.55. The normalized spacial score (nSPS) is 11.1. The molecule has 8 heteroatoms. The molecule has 0 aliphatic rings. The highest BCUT2D eigenvalue weighted by molar-refractivity contribution is 6.00. The standard InChI is InChI=1S/C20H24N4O4/c1-14(22-23-19(26)13-17-5-4-12-24(17)2)15-8-10-16(11-9-15)21-18(25)6-3-7-20(27)28/h4-5,8-12H,3,6-7,13H2,1-2H3,(H,21,25)(H,23,26)(H,27,28)/b22-14+. The van der Waals surface area contributed by atoms with Gasteiger partial charge in [-0.2, -0.15) is 5.10 Å². The molecule has 8 nitrogen and oxygen atoms in total. The molecule has 0 atom stereocenters. The number of hydrogen-bond donors (Lipinski definition) is 3. The Labute approximate surface area is 163 Å². The zero-order valence-electron chi connectivity index (χ0n) is 15.9. The van der Waals surface area contributed by atoms with Gasteiger partial charge in [-0.05, 0) is 43.2 Å². The van der Waals surface area contributed by atoms with E-state index >= 15 is 0 Å². The number of benzene rings is 1. The van der Waals surface area contributed by atoms with Crippen molar-refractivity contribution in [2.45, 2.75) is 32.6 Å². The largest absolute Gasteiger partial charge is 0.481 e. The molecular formula is C20H24N4O4. The number of carbonyl (C=O) groups excluding carboxylic acids is 2. The van der Waals surface area contributed by atoms with E-state index in [9.17, 15) is 14.4 Å². The van der Waals surface area contributed by atoms with Crippen molar-refractivity contribution in [3.05, 3.63) is 53.9 Å². The van der Waals surface area contributed by atoms with Crippen LogP contribution in [0.25, 0.3) is 0 Å². The summed E-state index contributed by atoms with van der Waals surface area (Å²) in [5.41, 5.74) is 5.50. The van der Waals surface area contributed by atoms with Crippen LogP contribution < -0.4 is 10.7 Å². The highest BCUT2D eigenvalue weighted by Crippen LogP contribution is 2.11. The van der Waals surface area contributed by atoms with Crippen LogP contribution in [0.1, 0.15) is 37.4 Å². The van der Waals surface area contributed by atoms with Crippen molar-refractivity contribution >= 4 is 29.2 Å². The molecule has 0 saturated carbocycles. The Morgan fingerprint density at radius 1 is 1.07 bits per heavy atom. The van der Waals surface area contributed by atoms with Gasteiger partial charge in [0.15, 0.2) is 0 Å². The molecule has 0 spiro atoms. The molecular weight excluding hydrogens is 360 g/mol. The second-order valence-electron chi connectivity index (χ2n) is 6.39. The lowest BCUT2D eigenvalue weighted by Crippen LogP contribution is -2.22. The third kappa shape index (κ3) is 6.71. The van der Waals surface area contributed by atoms with Gasteiger partial charge in [0.2, 0.25) is 11.8 Å². The van der Waals surface area contributed by atoms with Gasteiger partial charge in [0.25, 0.3) is 0 Å². The lowest BCUT2D eigenvalue weighted by molar-refractivity contribution is -0.137. The van der Waals surface area contributed by atoms with Crippen LogP contribution >= 0.6 is 0 Å². The van der Waals surface area contributed by atoms with E-state index in [1.54, 1.807) is 31.2 Å². The van der Waals surface area contributed by atoms with Gasteiger partial charge < -0.3 is 15.0 Å². The maximum atomic E-state index is 12.0. The van der Waals surface area contributed by atoms with Crippen molar-refractivity contribution < 1.29 is 19.5 Å². The van der Waals surface area contributed by atoms with E-state index in [4.69, 9.17) is 5.11 Å². The summed E-state index contributed by atoms with van der Waals surface area (Å²) in [6, 6.07) is 10.8. The molecule has 0 unspecified atom stereocenters. The number of amides is 2. The van der Waals surface area contributed by atoms with Gasteiger partial charge in [0.05, 0.1) is 12.1 Å². The lowest BCUT2D eigenvalue weighted by atomic mass is 10.1. The highest BCUT2D eigenvalue weighted by atomic mass is 16.4. The molecule has 1 aromatic heterocycles. The molecule has 0 saturated heterocycles. The highest BCUT2D eigenvalue weighted by Gasteiger charge is 2.07. The molecule has 0 aliphatic heterocycles. The van der Waals surface area contributed by atoms with E-state index in [0.29, 0.717) is 17.8 Å². The Hall–Kier alpha value is -3.42. The number of aryl methyl sites for hydroxylation is 1. The van der Waals surface area contributed by atoms with Crippen LogP contribution in [0.2, 0.25) is 0 Å². The minimum atomic E-state index is -0.914. The molecule has 0 bridgehead atoms. The third-order valence-corrected chi connectivity index (χ3v) is 4.12. The van der Waals surface area contributed by atoms with E-state index in [2.05, 4.69) is 15.8 Å². The number of carboxylic acids is 1. The molecule has 28 heavy (non-hydrogen) atoms. The van der Waals surface area contributed by atoms with Crippen LogP contribution in [0.4, 0.5) is 5.69 Å². The molecule has 0 radical (unpaired) electrons. The number of nitrogens with zero attached hydrogens (tertiary/aromatic N) is 2. The Bertz CT molecular complexity index is 869. The summed E-state index contributed by atoms with van der Waals surface area (Å²) in [4.78, 5) is 34.2. The predicted molar refractivity (Wildman–Crippen MR) is 106 cm³/mol. The van der Waals surface area contributed by atoms with Gasteiger partial charge in [-0.15, -0.1) is 0 Å². The van der Waals surface area contributed by atoms with E-state index in [1.807, 2.05) is 29.9 Å². The van der Waals surface area contributed by atoms with Gasteiger partial charge in [-0.25, -0.2) is 5.43 Å².